The fourth-order valence-corrected chi connectivity index (χ4v) is 14.4. The molecule has 2 aliphatic rings. The number of anilines is 4. The van der Waals surface area contributed by atoms with E-state index in [1.165, 1.54) is 135 Å². The number of aryl methyl sites for hydroxylation is 3. The van der Waals surface area contributed by atoms with Crippen molar-refractivity contribution in [2.75, 3.05) is 60.5 Å². The van der Waals surface area contributed by atoms with Crippen molar-refractivity contribution in [3.63, 3.8) is 0 Å². The molecule has 456 valence electrons. The average molecular weight is 1380 g/mol. The molecule has 0 spiro atoms. The van der Waals surface area contributed by atoms with E-state index >= 15 is 0 Å². The zero-order chi connectivity index (χ0) is 59.3. The lowest BCUT2D eigenvalue weighted by molar-refractivity contribution is -0.923. The lowest BCUT2D eigenvalue weighted by Crippen LogP contribution is -3.00. The third-order valence-corrected chi connectivity index (χ3v) is 19.3. The van der Waals surface area contributed by atoms with Crippen molar-refractivity contribution in [3.8, 4) is 11.3 Å². The Morgan fingerprint density at radius 2 is 0.966 bits per heavy atom. The van der Waals surface area contributed by atoms with E-state index in [1.807, 2.05) is 41.7 Å². The lowest BCUT2D eigenvalue weighted by atomic mass is 9.98. The molecule has 0 amide bonds. The van der Waals surface area contributed by atoms with Crippen LogP contribution >= 0.6 is 23.5 Å². The number of quaternary nitrogens is 1. The van der Waals surface area contributed by atoms with Crippen molar-refractivity contribution in [3.05, 3.63) is 234 Å². The minimum absolute atomic E-state index is 0. The summed E-state index contributed by atoms with van der Waals surface area (Å²) in [6.07, 6.45) is 20.3. The average Bonchev–Trinajstić information content (AvgIpc) is 1.48. The molecular weight excluding hydrogens is 1300 g/mol. The third kappa shape index (κ3) is 15.2. The first-order valence-electron chi connectivity index (χ1n) is 30.7. The van der Waals surface area contributed by atoms with Crippen LogP contribution in [0.25, 0.3) is 66.9 Å². The van der Waals surface area contributed by atoms with Gasteiger partial charge in [-0.15, -0.1) is 0 Å². The number of nitrogen functional groups attached to an aromatic ring is 2. The van der Waals surface area contributed by atoms with Crippen LogP contribution in [0.1, 0.15) is 79.9 Å². The molecule has 3 aromatic heterocycles. The number of halogens is 2. The minimum Gasteiger partial charge on any atom is -1.00 e. The van der Waals surface area contributed by atoms with Gasteiger partial charge in [0.25, 0.3) is 0 Å². The van der Waals surface area contributed by atoms with Gasteiger partial charge in [0, 0.05) is 75.5 Å². The van der Waals surface area contributed by atoms with Crippen molar-refractivity contribution in [2.45, 2.75) is 98.2 Å². The van der Waals surface area contributed by atoms with Crippen LogP contribution in [0.2, 0.25) is 0 Å². The number of fused-ring (bicyclic) bond motifs is 7. The molecule has 12 heteroatoms. The molecule has 8 nitrogen and oxygen atoms in total. The van der Waals surface area contributed by atoms with E-state index in [1.54, 1.807) is 0 Å². The van der Waals surface area contributed by atoms with Gasteiger partial charge in [0.05, 0.1) is 69.2 Å². The monoisotopic (exact) mass is 1380 g/mol. The second-order valence-corrected chi connectivity index (χ2v) is 23.8. The Morgan fingerprint density at radius 1 is 0.477 bits per heavy atom. The Balaban J connectivity index is 0.000000189. The number of aromatic nitrogens is 3. The van der Waals surface area contributed by atoms with Gasteiger partial charge < -0.3 is 66.7 Å². The number of nitrogens with two attached hydrogens (primary N) is 2. The molecule has 88 heavy (non-hydrogen) atoms. The van der Waals surface area contributed by atoms with Gasteiger partial charge in [0.2, 0.25) is 22.2 Å². The van der Waals surface area contributed by atoms with Gasteiger partial charge in [-0.3, -0.25) is 0 Å². The summed E-state index contributed by atoms with van der Waals surface area (Å²) in [5, 5.41) is 8.77. The highest BCUT2D eigenvalue weighted by atomic mass is 127. The van der Waals surface area contributed by atoms with Crippen LogP contribution in [0.4, 0.5) is 22.7 Å². The van der Waals surface area contributed by atoms with Crippen molar-refractivity contribution < 1.29 is 59.1 Å². The molecular formula is C76H88BrIN8S2+2. The highest BCUT2D eigenvalue weighted by Crippen LogP contribution is 2.47. The summed E-state index contributed by atoms with van der Waals surface area (Å²) in [6.45, 7) is 25.6. The highest BCUT2D eigenvalue weighted by Gasteiger charge is 2.27. The number of rotatable bonds is 17. The Bertz CT molecular complexity index is 4090. The van der Waals surface area contributed by atoms with Gasteiger partial charge in [-0.1, -0.05) is 128 Å². The molecule has 10 aromatic rings. The number of benzene rings is 7. The Kier molecular flexibility index (Phi) is 25.3. The van der Waals surface area contributed by atoms with E-state index in [0.717, 1.165) is 49.6 Å². The molecule has 0 saturated carbocycles. The van der Waals surface area contributed by atoms with Gasteiger partial charge in [-0.05, 0) is 157 Å². The summed E-state index contributed by atoms with van der Waals surface area (Å²) in [4.78, 5) is 7.60. The number of unbranched alkanes of at least 4 members (excludes halogenated alkanes) is 1. The van der Waals surface area contributed by atoms with Crippen LogP contribution in [-0.2, 0) is 19.6 Å². The molecule has 0 unspecified atom stereocenters. The second kappa shape index (κ2) is 32.5. The minimum atomic E-state index is 0. The molecule has 5 heterocycles. The number of hydrogen-bond acceptors (Lipinski definition) is 6. The fourth-order valence-electron chi connectivity index (χ4n) is 12.2. The lowest BCUT2D eigenvalue weighted by Gasteiger charge is -2.36. The molecule has 0 fully saturated rings. The molecule has 0 radical (unpaired) electrons. The molecule has 2 aliphatic heterocycles. The molecule has 4 N–H and O–H groups in total. The first-order valence-corrected chi connectivity index (χ1v) is 32.3. The van der Waals surface area contributed by atoms with Gasteiger partial charge >= 0.3 is 0 Å². The number of para-hydroxylation sites is 4. The molecule has 0 atom stereocenters. The van der Waals surface area contributed by atoms with Crippen LogP contribution in [0, 0.1) is 0 Å². The van der Waals surface area contributed by atoms with E-state index in [2.05, 4.69) is 279 Å². The zero-order valence-corrected chi connectivity index (χ0v) is 56.9. The third-order valence-electron chi connectivity index (χ3n) is 17.0. The van der Waals surface area contributed by atoms with Crippen molar-refractivity contribution in [1.29, 1.82) is 0 Å². The normalized spacial score (nSPS) is 13.5. The molecule has 0 saturated heterocycles. The van der Waals surface area contributed by atoms with E-state index in [0.29, 0.717) is 0 Å². The highest BCUT2D eigenvalue weighted by molar-refractivity contribution is 8.04. The first-order chi connectivity index (χ1) is 41.6. The summed E-state index contributed by atoms with van der Waals surface area (Å²) < 4.78 is 8.15. The van der Waals surface area contributed by atoms with Crippen LogP contribution in [0.3, 0.4) is 0 Å². The van der Waals surface area contributed by atoms with E-state index < -0.39 is 0 Å². The van der Waals surface area contributed by atoms with Crippen LogP contribution in [0.5, 0.6) is 0 Å². The number of pyridine rings is 3. The number of nitrogens with zero attached hydrogens (tertiary/aromatic N) is 6. The van der Waals surface area contributed by atoms with Gasteiger partial charge in [-0.2, -0.15) is 13.7 Å². The zero-order valence-electron chi connectivity index (χ0n) is 51.6. The second-order valence-electron chi connectivity index (χ2n) is 21.7. The summed E-state index contributed by atoms with van der Waals surface area (Å²) in [6, 6.07) is 61.9. The molecule has 7 aromatic carbocycles. The van der Waals surface area contributed by atoms with E-state index in [-0.39, 0.29) is 48.4 Å². The summed E-state index contributed by atoms with van der Waals surface area (Å²) in [5.74, 6) is 0. The maximum absolute atomic E-state index is 6.10. The van der Waals surface area contributed by atoms with E-state index in [4.69, 9.17) is 11.5 Å². The summed E-state index contributed by atoms with van der Waals surface area (Å²) >= 11 is 3.74. The van der Waals surface area contributed by atoms with Crippen LogP contribution in [0.15, 0.2) is 232 Å². The first kappa shape index (κ1) is 68.5. The Morgan fingerprint density at radius 3 is 1.50 bits per heavy atom. The van der Waals surface area contributed by atoms with Crippen molar-refractivity contribution in [2.24, 2.45) is 0 Å². The molecule has 0 bridgehead atoms. The largest absolute Gasteiger partial charge is 1.00 e. The quantitative estimate of drug-likeness (QED) is 0.0236. The molecule has 12 rings (SSSR count). The Labute approximate surface area is 560 Å². The summed E-state index contributed by atoms with van der Waals surface area (Å²) in [5.41, 5.74) is 25.0. The maximum atomic E-state index is 6.10. The van der Waals surface area contributed by atoms with Crippen molar-refractivity contribution in [1.82, 2.24) is 0 Å². The summed E-state index contributed by atoms with van der Waals surface area (Å²) in [7, 11) is 0. The standard InChI is InChI=1S/C31H41N3S.C23H23N2S.C21H19N3.CH4.BrH.HI/c1-5-32-24-22-26(27-17-9-10-18-28(27)32)16-15-21-31-33(29-19-11-12-20-30(29)35-31)23-13-14-25-34(6-2,7-3)8-4;1-3-24-17-16-18(19-11-5-6-12-20(19)24)10-9-15-23-25(4-2)21-13-7-8-14-22(21)26-23;1-2-24-20-13-16(23)9-11-18(20)17-10-8-15(22)12-19(17)21(24)14-6-4-3-5-7-14;;;/h9-12,15-22,24H,5-8,13-14,23,25H2,1-4H3;5-17H,3-4H2,1-2H3;3-13,23H,2,22H2,1H3;1H4;2*1H/q+2;+1;;;;/p-1. The van der Waals surface area contributed by atoms with Crippen molar-refractivity contribution >= 4 is 102 Å². The predicted octanol–water partition coefficient (Wildman–Crippen LogP) is 11.7. The Hall–Kier alpha value is -6.94. The number of hydrogen-bond donors (Lipinski definition) is 2. The number of thioether (sulfide) groups is 2. The van der Waals surface area contributed by atoms with Crippen LogP contribution < -0.4 is 75.9 Å². The topological polar surface area (TPSA) is 70.2 Å². The number of allylic oxidation sites excluding steroid dienone is 4. The van der Waals surface area contributed by atoms with E-state index in [9.17, 15) is 0 Å². The SMILES string of the molecule is C.CCN1C(=CC=Cc2cc[n+](CC)c3ccccc23)Sc2ccccc21.CC[n+]1c(-c2ccccc2)c2cc(N)ccc2c2ccc(N)cc21.CC[n+]1ccc(C=CC=C2Sc3ccccc3N2CCCC[N+](CC)(CC)CC)c2ccccc21.[Br-].[I-]. The van der Waals surface area contributed by atoms with Crippen LogP contribution in [-0.4, -0.2) is 43.8 Å². The molecule has 0 aliphatic carbocycles. The fraction of sp³-hybridized carbons (Fsp3) is 0.250. The van der Waals surface area contributed by atoms with Gasteiger partial charge in [-0.25, -0.2) is 0 Å². The van der Waals surface area contributed by atoms with Gasteiger partial charge in [0.1, 0.15) is 19.6 Å². The maximum Gasteiger partial charge on any atom is 0.220 e. The smallest absolute Gasteiger partial charge is 0.220 e. The van der Waals surface area contributed by atoms with Gasteiger partial charge in [0.15, 0.2) is 12.4 Å². The predicted molar refractivity (Wildman–Crippen MR) is 373 cm³/mol.